The maximum Gasteiger partial charge on any atom is 0.247 e. The predicted molar refractivity (Wildman–Crippen MR) is 107 cm³/mol. The molecule has 2 aromatic heterocycles. The normalized spacial score (nSPS) is 14.8. The van der Waals surface area contributed by atoms with Crippen molar-refractivity contribution >= 4 is 11.8 Å². The van der Waals surface area contributed by atoms with Crippen LogP contribution in [0.15, 0.2) is 64.2 Å². The molecule has 0 bridgehead atoms. The molecule has 0 unspecified atom stereocenters. The van der Waals surface area contributed by atoms with Gasteiger partial charge in [-0.15, -0.1) is 20.4 Å². The highest BCUT2D eigenvalue weighted by atomic mass is 32.2. The maximum absolute atomic E-state index is 13.1. The number of aromatic nitrogens is 5. The molecule has 0 N–H and O–H groups in total. The summed E-state index contributed by atoms with van der Waals surface area (Å²) in [4.78, 5) is 0. The minimum Gasteiger partial charge on any atom is -0.419 e. The Hall–Kier alpha value is -3.00. The average Bonchev–Trinajstić information content (AvgIpc) is 3.31. The lowest BCUT2D eigenvalue weighted by Crippen LogP contribution is -2.02. The SMILES string of the molecule is C[C@H](Sc1nnc(C2CC2)n1-c1ccccc1)c1nnc(-c2ccc(F)cc2)o1. The number of nitrogens with zero attached hydrogens (tertiary/aromatic N) is 5. The molecule has 0 saturated heterocycles. The van der Waals surface area contributed by atoms with Gasteiger partial charge in [0.25, 0.3) is 0 Å². The largest absolute Gasteiger partial charge is 0.419 e. The minimum absolute atomic E-state index is 0.115. The van der Waals surface area contributed by atoms with E-state index in [4.69, 9.17) is 4.42 Å². The van der Waals surface area contributed by atoms with Crippen molar-refractivity contribution in [3.05, 3.63) is 72.1 Å². The molecule has 2 heterocycles. The minimum atomic E-state index is -0.302. The summed E-state index contributed by atoms with van der Waals surface area (Å²) in [6.07, 6.45) is 2.30. The number of rotatable bonds is 6. The lowest BCUT2D eigenvalue weighted by Gasteiger charge is -2.11. The van der Waals surface area contributed by atoms with Crippen LogP contribution in [0.25, 0.3) is 17.1 Å². The van der Waals surface area contributed by atoms with Crippen LogP contribution in [0.1, 0.15) is 42.6 Å². The van der Waals surface area contributed by atoms with Gasteiger partial charge in [0.1, 0.15) is 11.6 Å². The zero-order chi connectivity index (χ0) is 19.8. The summed E-state index contributed by atoms with van der Waals surface area (Å²) in [7, 11) is 0. The molecule has 1 aliphatic rings. The highest BCUT2D eigenvalue weighted by Gasteiger charge is 2.31. The van der Waals surface area contributed by atoms with Crippen LogP contribution in [-0.4, -0.2) is 25.0 Å². The second-order valence-corrected chi connectivity index (χ2v) is 8.31. The lowest BCUT2D eigenvalue weighted by molar-refractivity contribution is 0.508. The molecule has 0 spiro atoms. The fourth-order valence-electron chi connectivity index (χ4n) is 3.10. The van der Waals surface area contributed by atoms with Crippen LogP contribution >= 0.6 is 11.8 Å². The fourth-order valence-corrected chi connectivity index (χ4v) is 4.00. The Kier molecular flexibility index (Phi) is 4.63. The highest BCUT2D eigenvalue weighted by Crippen LogP contribution is 2.43. The van der Waals surface area contributed by atoms with Crippen molar-refractivity contribution in [2.24, 2.45) is 0 Å². The van der Waals surface area contributed by atoms with Crippen molar-refractivity contribution in [3.8, 4) is 17.1 Å². The van der Waals surface area contributed by atoms with Crippen molar-refractivity contribution < 1.29 is 8.81 Å². The molecule has 146 valence electrons. The molecule has 1 saturated carbocycles. The lowest BCUT2D eigenvalue weighted by atomic mass is 10.2. The van der Waals surface area contributed by atoms with Gasteiger partial charge in [-0.2, -0.15) is 0 Å². The number of hydrogen-bond donors (Lipinski definition) is 0. The van der Waals surface area contributed by atoms with Gasteiger partial charge in [-0.1, -0.05) is 30.0 Å². The predicted octanol–water partition coefficient (Wildman–Crippen LogP) is 5.19. The Labute approximate surface area is 171 Å². The molecule has 1 atom stereocenters. The number of thioether (sulfide) groups is 1. The molecule has 0 radical (unpaired) electrons. The molecule has 4 aromatic rings. The average molecular weight is 407 g/mol. The van der Waals surface area contributed by atoms with E-state index in [1.54, 1.807) is 12.1 Å². The van der Waals surface area contributed by atoms with E-state index >= 15 is 0 Å². The van der Waals surface area contributed by atoms with Crippen molar-refractivity contribution in [1.29, 1.82) is 0 Å². The van der Waals surface area contributed by atoms with Crippen molar-refractivity contribution in [3.63, 3.8) is 0 Å². The molecule has 8 heteroatoms. The molecule has 29 heavy (non-hydrogen) atoms. The van der Waals surface area contributed by atoms with Gasteiger partial charge in [0, 0.05) is 17.2 Å². The molecule has 0 amide bonds. The second kappa shape index (κ2) is 7.44. The Morgan fingerprint density at radius 1 is 1.00 bits per heavy atom. The Morgan fingerprint density at radius 2 is 1.76 bits per heavy atom. The summed E-state index contributed by atoms with van der Waals surface area (Å²) < 4.78 is 21.1. The van der Waals surface area contributed by atoms with Crippen LogP contribution in [0, 0.1) is 5.82 Å². The molecule has 2 aromatic carbocycles. The zero-order valence-corrected chi connectivity index (χ0v) is 16.5. The number of hydrogen-bond acceptors (Lipinski definition) is 6. The molecule has 1 aliphatic carbocycles. The molecule has 5 rings (SSSR count). The quantitative estimate of drug-likeness (QED) is 0.410. The first-order valence-corrected chi connectivity index (χ1v) is 10.3. The third-order valence-electron chi connectivity index (χ3n) is 4.78. The summed E-state index contributed by atoms with van der Waals surface area (Å²) in [5.41, 5.74) is 1.73. The standard InChI is InChI=1S/C21H18FN5OS/c1-13(19-24-25-20(28-19)15-9-11-16(22)12-10-15)29-21-26-23-18(14-7-8-14)27(21)17-5-3-2-4-6-17/h2-6,9-14H,7-8H2,1H3/t13-/m0/s1. The molecule has 0 aliphatic heterocycles. The fraction of sp³-hybridized carbons (Fsp3) is 0.238. The monoisotopic (exact) mass is 407 g/mol. The molecule has 1 fully saturated rings. The van der Waals surface area contributed by atoms with E-state index in [0.29, 0.717) is 23.3 Å². The smallest absolute Gasteiger partial charge is 0.247 e. The van der Waals surface area contributed by atoms with Crippen LogP contribution in [-0.2, 0) is 0 Å². The van der Waals surface area contributed by atoms with E-state index < -0.39 is 0 Å². The van der Waals surface area contributed by atoms with Crippen LogP contribution in [0.5, 0.6) is 0 Å². The van der Waals surface area contributed by atoms with Gasteiger partial charge < -0.3 is 4.42 Å². The van der Waals surface area contributed by atoms with E-state index in [-0.39, 0.29) is 11.1 Å². The van der Waals surface area contributed by atoms with Gasteiger partial charge in [-0.3, -0.25) is 4.57 Å². The van der Waals surface area contributed by atoms with E-state index in [1.807, 2.05) is 25.1 Å². The molecule has 6 nitrogen and oxygen atoms in total. The third kappa shape index (κ3) is 3.67. The topological polar surface area (TPSA) is 69.6 Å². The van der Waals surface area contributed by atoms with Gasteiger partial charge in [0.05, 0.1) is 5.25 Å². The molecular weight excluding hydrogens is 389 g/mol. The van der Waals surface area contributed by atoms with Gasteiger partial charge in [0.15, 0.2) is 5.16 Å². The Bertz CT molecular complexity index is 1120. The third-order valence-corrected chi connectivity index (χ3v) is 5.81. The summed E-state index contributed by atoms with van der Waals surface area (Å²) >= 11 is 1.53. The van der Waals surface area contributed by atoms with E-state index in [2.05, 4.69) is 37.1 Å². The van der Waals surface area contributed by atoms with E-state index in [0.717, 1.165) is 29.5 Å². The summed E-state index contributed by atoms with van der Waals surface area (Å²) in [6, 6.07) is 16.1. The van der Waals surface area contributed by atoms with Crippen LogP contribution in [0.3, 0.4) is 0 Å². The summed E-state index contributed by atoms with van der Waals surface area (Å²) in [5, 5.41) is 17.9. The van der Waals surface area contributed by atoms with Crippen molar-refractivity contribution in [2.75, 3.05) is 0 Å². The summed E-state index contributed by atoms with van der Waals surface area (Å²) in [5.74, 6) is 2.04. The number of benzene rings is 2. The first-order chi connectivity index (χ1) is 14.2. The van der Waals surface area contributed by atoms with E-state index in [9.17, 15) is 4.39 Å². The Balaban J connectivity index is 1.42. The molecular formula is C21H18FN5OS. The van der Waals surface area contributed by atoms with Crippen molar-refractivity contribution in [2.45, 2.75) is 36.1 Å². The van der Waals surface area contributed by atoms with Crippen LogP contribution < -0.4 is 0 Å². The van der Waals surface area contributed by atoms with Crippen LogP contribution in [0.2, 0.25) is 0 Å². The van der Waals surface area contributed by atoms with Gasteiger partial charge in [-0.05, 0) is 56.2 Å². The Morgan fingerprint density at radius 3 is 2.48 bits per heavy atom. The number of halogens is 1. The van der Waals surface area contributed by atoms with Gasteiger partial charge in [-0.25, -0.2) is 4.39 Å². The maximum atomic E-state index is 13.1. The first-order valence-electron chi connectivity index (χ1n) is 9.46. The summed E-state index contributed by atoms with van der Waals surface area (Å²) in [6.45, 7) is 1.99. The van der Waals surface area contributed by atoms with E-state index in [1.165, 1.54) is 23.9 Å². The number of para-hydroxylation sites is 1. The van der Waals surface area contributed by atoms with Crippen LogP contribution in [0.4, 0.5) is 4.39 Å². The second-order valence-electron chi connectivity index (χ2n) is 7.00. The van der Waals surface area contributed by atoms with Gasteiger partial charge in [0.2, 0.25) is 11.8 Å². The zero-order valence-electron chi connectivity index (χ0n) is 15.7. The van der Waals surface area contributed by atoms with Crippen molar-refractivity contribution in [1.82, 2.24) is 25.0 Å². The highest BCUT2D eigenvalue weighted by molar-refractivity contribution is 7.99. The van der Waals surface area contributed by atoms with Gasteiger partial charge >= 0.3 is 0 Å². The first kappa shape index (κ1) is 18.1.